The first kappa shape index (κ1) is 24.2. The van der Waals surface area contributed by atoms with Gasteiger partial charge < -0.3 is 29.5 Å². The molecule has 2 aromatic heterocycles. The third-order valence-electron chi connectivity index (χ3n) is 5.86. The quantitative estimate of drug-likeness (QED) is 0.521. The zero-order valence-corrected chi connectivity index (χ0v) is 20.2. The minimum absolute atomic E-state index is 0.0603. The number of ether oxygens (including phenoxy) is 3. The van der Waals surface area contributed by atoms with Gasteiger partial charge in [-0.25, -0.2) is 0 Å². The lowest BCUT2D eigenvalue weighted by atomic mass is 10.0. The molecule has 0 saturated carbocycles. The second-order valence-corrected chi connectivity index (χ2v) is 8.81. The van der Waals surface area contributed by atoms with Crippen LogP contribution >= 0.6 is 0 Å². The van der Waals surface area contributed by atoms with Crippen LogP contribution in [-0.2, 0) is 9.53 Å². The number of hydrogen-bond donors (Lipinski definition) is 2. The number of nitrogens with one attached hydrogen (secondary N) is 1. The van der Waals surface area contributed by atoms with Gasteiger partial charge in [0.1, 0.15) is 35.6 Å². The molecule has 188 valence electrons. The number of aliphatic hydroxyl groups is 1. The topological polar surface area (TPSA) is 123 Å². The number of fused-ring (bicyclic) bond motifs is 1. The molecule has 0 spiro atoms. The van der Waals surface area contributed by atoms with E-state index in [1.165, 1.54) is 17.2 Å². The second-order valence-electron chi connectivity index (χ2n) is 8.81. The van der Waals surface area contributed by atoms with Crippen LogP contribution < -0.4 is 19.7 Å². The first-order chi connectivity index (χ1) is 17.8. The van der Waals surface area contributed by atoms with Gasteiger partial charge in [0.15, 0.2) is 5.60 Å². The van der Waals surface area contributed by atoms with E-state index in [2.05, 4.69) is 27.1 Å². The van der Waals surface area contributed by atoms with Crippen molar-refractivity contribution in [1.82, 2.24) is 15.3 Å². The molecule has 1 fully saturated rings. The molecule has 10 nitrogen and oxygen atoms in total. The monoisotopic (exact) mass is 500 g/mol. The highest BCUT2D eigenvalue weighted by molar-refractivity contribution is 6.03. The molecule has 5 rings (SSSR count). The number of carbonyl (C=O) groups excluding carboxylic acids is 2. The van der Waals surface area contributed by atoms with E-state index >= 15 is 0 Å². The number of rotatable bonds is 4. The Balaban J connectivity index is 1.28. The molecular formula is C27H24N4O6. The number of hydrogen-bond acceptors (Lipinski definition) is 8. The van der Waals surface area contributed by atoms with Crippen LogP contribution in [0.25, 0.3) is 0 Å². The highest BCUT2D eigenvalue weighted by Crippen LogP contribution is 2.32. The lowest BCUT2D eigenvalue weighted by molar-refractivity contribution is -0.140. The number of nitrogens with zero attached hydrogens (tertiary/aromatic N) is 3. The van der Waals surface area contributed by atoms with Gasteiger partial charge in [-0.2, -0.15) is 0 Å². The molecule has 4 heterocycles. The summed E-state index contributed by atoms with van der Waals surface area (Å²) in [6, 6.07) is 10.9. The van der Waals surface area contributed by atoms with Gasteiger partial charge in [-0.05, 0) is 43.3 Å². The first-order valence-corrected chi connectivity index (χ1v) is 11.5. The van der Waals surface area contributed by atoms with Crippen molar-refractivity contribution in [3.8, 4) is 29.1 Å². The maximum absolute atomic E-state index is 13.2. The van der Waals surface area contributed by atoms with Gasteiger partial charge in [0.05, 0.1) is 25.1 Å². The summed E-state index contributed by atoms with van der Waals surface area (Å²) in [4.78, 5) is 35.8. The molecule has 10 heteroatoms. The summed E-state index contributed by atoms with van der Waals surface area (Å²) in [5.74, 6) is 6.21. The highest BCUT2D eigenvalue weighted by atomic mass is 16.5. The van der Waals surface area contributed by atoms with Crippen molar-refractivity contribution in [3.63, 3.8) is 0 Å². The average Bonchev–Trinajstić information content (AvgIpc) is 3.00. The standard InChI is InChI=1S/C27H24N4O6/c1-17-3-5-20(13-29-17)37-19-8-10-28-21(12-19)25(32)30-22-14-36-24-6-4-18(7-9-27(34)15-35-16-27)11-23(24)31(2)26(22)33/h3-6,8,10-13,22,34H,14-16H2,1-2H3,(H,30,32). The van der Waals surface area contributed by atoms with Crippen LogP contribution in [0.5, 0.6) is 17.2 Å². The minimum atomic E-state index is -1.15. The summed E-state index contributed by atoms with van der Waals surface area (Å²) < 4.78 is 16.6. The SMILES string of the molecule is Cc1ccc(Oc2ccnc(C(=O)NC3COc4ccc(C#CC5(O)COC5)cc4N(C)C3=O)c2)cn1. The summed E-state index contributed by atoms with van der Waals surface area (Å²) in [5, 5.41) is 12.8. The summed E-state index contributed by atoms with van der Waals surface area (Å²) >= 11 is 0. The maximum Gasteiger partial charge on any atom is 0.270 e. The number of anilines is 1. The molecule has 2 aliphatic rings. The van der Waals surface area contributed by atoms with E-state index in [0.717, 1.165) is 5.69 Å². The minimum Gasteiger partial charge on any atom is -0.489 e. The van der Waals surface area contributed by atoms with Gasteiger partial charge in [-0.3, -0.25) is 19.6 Å². The van der Waals surface area contributed by atoms with Crippen molar-refractivity contribution in [2.75, 3.05) is 31.8 Å². The molecular weight excluding hydrogens is 476 g/mol. The number of benzene rings is 1. The molecule has 0 aliphatic carbocycles. The molecule has 1 aromatic carbocycles. The lowest BCUT2D eigenvalue weighted by Crippen LogP contribution is -2.49. The van der Waals surface area contributed by atoms with Gasteiger partial charge in [0.2, 0.25) is 0 Å². The molecule has 1 unspecified atom stereocenters. The molecule has 0 radical (unpaired) electrons. The number of aromatic nitrogens is 2. The Morgan fingerprint density at radius 3 is 2.76 bits per heavy atom. The van der Waals surface area contributed by atoms with Crippen LogP contribution in [0.2, 0.25) is 0 Å². The highest BCUT2D eigenvalue weighted by Gasteiger charge is 2.34. The van der Waals surface area contributed by atoms with E-state index in [9.17, 15) is 14.7 Å². The fourth-order valence-corrected chi connectivity index (χ4v) is 3.72. The molecule has 1 saturated heterocycles. The van der Waals surface area contributed by atoms with Gasteiger partial charge in [0, 0.05) is 30.6 Å². The third kappa shape index (κ3) is 5.38. The molecule has 2 aliphatic heterocycles. The van der Waals surface area contributed by atoms with E-state index < -0.39 is 17.6 Å². The van der Waals surface area contributed by atoms with Crippen LogP contribution in [0.15, 0.2) is 54.9 Å². The van der Waals surface area contributed by atoms with Crippen LogP contribution in [0.4, 0.5) is 5.69 Å². The predicted molar refractivity (Wildman–Crippen MR) is 133 cm³/mol. The van der Waals surface area contributed by atoms with E-state index in [1.54, 1.807) is 43.6 Å². The van der Waals surface area contributed by atoms with E-state index in [4.69, 9.17) is 14.2 Å². The Kier molecular flexibility index (Phi) is 6.48. The normalized spacial score (nSPS) is 17.8. The van der Waals surface area contributed by atoms with Crippen molar-refractivity contribution in [3.05, 3.63) is 71.8 Å². The van der Waals surface area contributed by atoms with Crippen molar-refractivity contribution < 1.29 is 28.9 Å². The Morgan fingerprint density at radius 1 is 1.19 bits per heavy atom. The Bertz CT molecular complexity index is 1410. The van der Waals surface area contributed by atoms with Crippen molar-refractivity contribution in [1.29, 1.82) is 0 Å². The Labute approximate surface area is 213 Å². The van der Waals surface area contributed by atoms with Crippen LogP contribution in [-0.4, -0.2) is 65.4 Å². The molecule has 2 amide bonds. The summed E-state index contributed by atoms with van der Waals surface area (Å²) in [6.07, 6.45) is 3.04. The zero-order valence-electron chi connectivity index (χ0n) is 20.2. The average molecular weight is 501 g/mol. The first-order valence-electron chi connectivity index (χ1n) is 11.5. The van der Waals surface area contributed by atoms with Crippen LogP contribution in [0.1, 0.15) is 21.7 Å². The van der Waals surface area contributed by atoms with Crippen molar-refractivity contribution in [2.45, 2.75) is 18.6 Å². The van der Waals surface area contributed by atoms with Gasteiger partial charge in [-0.1, -0.05) is 11.8 Å². The number of carbonyl (C=O) groups is 2. The summed E-state index contributed by atoms with van der Waals surface area (Å²) in [7, 11) is 1.60. The molecule has 3 aromatic rings. The largest absolute Gasteiger partial charge is 0.489 e. The second kappa shape index (κ2) is 9.89. The van der Waals surface area contributed by atoms with Crippen LogP contribution in [0, 0.1) is 18.8 Å². The van der Waals surface area contributed by atoms with Gasteiger partial charge in [0.25, 0.3) is 11.8 Å². The lowest BCUT2D eigenvalue weighted by Gasteiger charge is -2.30. The number of likely N-dealkylation sites (N-methyl/N-ethyl adjacent to an activating group) is 1. The third-order valence-corrected chi connectivity index (χ3v) is 5.86. The maximum atomic E-state index is 13.2. The zero-order chi connectivity index (χ0) is 26.0. The number of amides is 2. The van der Waals surface area contributed by atoms with E-state index in [1.807, 2.05) is 13.0 Å². The van der Waals surface area contributed by atoms with Gasteiger partial charge in [-0.15, -0.1) is 0 Å². The molecule has 37 heavy (non-hydrogen) atoms. The smallest absolute Gasteiger partial charge is 0.270 e. The van der Waals surface area contributed by atoms with Gasteiger partial charge >= 0.3 is 0 Å². The fraction of sp³-hybridized carbons (Fsp3) is 0.259. The molecule has 0 bridgehead atoms. The van der Waals surface area contributed by atoms with E-state index in [-0.39, 0.29) is 31.4 Å². The Hall–Kier alpha value is -4.46. The fourth-order valence-electron chi connectivity index (χ4n) is 3.72. The Morgan fingerprint density at radius 2 is 2.03 bits per heavy atom. The molecule has 2 N–H and O–H groups in total. The van der Waals surface area contributed by atoms with Crippen molar-refractivity contribution in [2.24, 2.45) is 0 Å². The number of aryl methyl sites for hydroxylation is 1. The van der Waals surface area contributed by atoms with Crippen molar-refractivity contribution >= 4 is 17.5 Å². The van der Waals surface area contributed by atoms with E-state index in [0.29, 0.717) is 28.5 Å². The van der Waals surface area contributed by atoms with Crippen LogP contribution in [0.3, 0.4) is 0 Å². The predicted octanol–water partition coefficient (Wildman–Crippen LogP) is 1.84. The number of pyridine rings is 2. The molecule has 1 atom stereocenters. The summed E-state index contributed by atoms with van der Waals surface area (Å²) in [5.41, 5.74) is 0.912. The summed E-state index contributed by atoms with van der Waals surface area (Å²) in [6.45, 7) is 2.15.